The molecule has 1 aromatic carbocycles. The lowest BCUT2D eigenvalue weighted by molar-refractivity contribution is -0.117. The van der Waals surface area contributed by atoms with Crippen molar-refractivity contribution in [1.29, 1.82) is 5.26 Å². The molecule has 2 heterocycles. The van der Waals surface area contributed by atoms with Crippen molar-refractivity contribution in [3.05, 3.63) is 69.8 Å². The summed E-state index contributed by atoms with van der Waals surface area (Å²) in [6.45, 7) is -0.200. The highest BCUT2D eigenvalue weighted by Gasteiger charge is 2.09. The summed E-state index contributed by atoms with van der Waals surface area (Å²) in [7, 11) is 0. The Kier molecular flexibility index (Phi) is 4.50. The van der Waals surface area contributed by atoms with Gasteiger partial charge < -0.3 is 5.32 Å². The van der Waals surface area contributed by atoms with Crippen LogP contribution in [0.4, 0.5) is 5.69 Å². The molecule has 1 amide bonds. The Morgan fingerprint density at radius 1 is 1.25 bits per heavy atom. The molecular weight excluding hydrogens is 324 g/mol. The number of anilines is 1. The minimum atomic E-state index is -0.386. The van der Waals surface area contributed by atoms with Crippen molar-refractivity contribution in [3.63, 3.8) is 0 Å². The number of hydrogen-bond donors (Lipinski definition) is 1. The molecule has 3 aromatic rings. The number of aromatic nitrogens is 2. The van der Waals surface area contributed by atoms with E-state index in [1.165, 1.54) is 17.4 Å². The molecule has 0 bridgehead atoms. The number of nitrogens with zero attached hydrogens (tertiary/aromatic N) is 3. The van der Waals surface area contributed by atoms with E-state index in [-0.39, 0.29) is 18.0 Å². The van der Waals surface area contributed by atoms with Gasteiger partial charge in [-0.25, -0.2) is 4.68 Å². The number of nitriles is 1. The maximum absolute atomic E-state index is 12.1. The van der Waals surface area contributed by atoms with Gasteiger partial charge in [0.05, 0.1) is 16.5 Å². The van der Waals surface area contributed by atoms with Crippen molar-refractivity contribution < 1.29 is 4.79 Å². The molecule has 24 heavy (non-hydrogen) atoms. The third-order valence-electron chi connectivity index (χ3n) is 3.21. The summed E-state index contributed by atoms with van der Waals surface area (Å²) in [5.74, 6) is -0.386. The summed E-state index contributed by atoms with van der Waals surface area (Å²) in [4.78, 5) is 25.0. The Morgan fingerprint density at radius 2 is 2.12 bits per heavy atom. The van der Waals surface area contributed by atoms with Crippen LogP contribution < -0.4 is 10.9 Å². The highest BCUT2D eigenvalue weighted by atomic mass is 32.1. The molecular formula is C17H12N4O2S. The van der Waals surface area contributed by atoms with Crippen molar-refractivity contribution in [2.75, 3.05) is 5.32 Å². The lowest BCUT2D eigenvalue weighted by Crippen LogP contribution is -2.29. The molecule has 0 unspecified atom stereocenters. The van der Waals surface area contributed by atoms with Crippen LogP contribution in [-0.2, 0) is 11.3 Å². The molecule has 0 aliphatic rings. The predicted octanol–water partition coefficient (Wildman–Crippen LogP) is 2.48. The highest BCUT2D eigenvalue weighted by Crippen LogP contribution is 2.21. The van der Waals surface area contributed by atoms with Crippen LogP contribution in [0.3, 0.4) is 0 Å². The maximum Gasteiger partial charge on any atom is 0.267 e. The van der Waals surface area contributed by atoms with E-state index in [4.69, 9.17) is 5.26 Å². The third-order valence-corrected chi connectivity index (χ3v) is 4.10. The molecule has 1 N–H and O–H groups in total. The molecule has 2 aromatic heterocycles. The molecule has 6 nitrogen and oxygen atoms in total. The molecule has 0 saturated carbocycles. The number of benzene rings is 1. The van der Waals surface area contributed by atoms with Gasteiger partial charge >= 0.3 is 0 Å². The van der Waals surface area contributed by atoms with Crippen LogP contribution in [0.25, 0.3) is 10.6 Å². The molecule has 0 radical (unpaired) electrons. The normalized spacial score (nSPS) is 10.1. The van der Waals surface area contributed by atoms with Gasteiger partial charge in [0.15, 0.2) is 0 Å². The van der Waals surface area contributed by atoms with Crippen molar-refractivity contribution in [2.45, 2.75) is 6.54 Å². The second-order valence-corrected chi connectivity index (χ2v) is 5.88. The van der Waals surface area contributed by atoms with Gasteiger partial charge in [-0.1, -0.05) is 12.1 Å². The van der Waals surface area contributed by atoms with Crippen molar-refractivity contribution in [2.24, 2.45) is 0 Å². The first-order valence-corrected chi connectivity index (χ1v) is 7.96. The van der Waals surface area contributed by atoms with Crippen LogP contribution >= 0.6 is 11.3 Å². The number of hydrogen-bond acceptors (Lipinski definition) is 5. The minimum absolute atomic E-state index is 0.200. The lowest BCUT2D eigenvalue weighted by Gasteiger charge is -2.08. The van der Waals surface area contributed by atoms with Gasteiger partial charge in [-0.15, -0.1) is 11.3 Å². The molecule has 7 heteroatoms. The van der Waals surface area contributed by atoms with Crippen LogP contribution in [0.2, 0.25) is 0 Å². The molecule has 0 atom stereocenters. The standard InChI is InChI=1S/C17H12N4O2S/c18-10-12-3-1-4-13(9-12)19-16(22)11-21-17(23)7-6-14(20-21)15-5-2-8-24-15/h1-9H,11H2,(H,19,22). The largest absolute Gasteiger partial charge is 0.324 e. The fourth-order valence-corrected chi connectivity index (χ4v) is 2.81. The minimum Gasteiger partial charge on any atom is -0.324 e. The van der Waals surface area contributed by atoms with Crippen LogP contribution in [0.1, 0.15) is 5.56 Å². The van der Waals surface area contributed by atoms with E-state index >= 15 is 0 Å². The van der Waals surface area contributed by atoms with E-state index < -0.39 is 0 Å². The topological polar surface area (TPSA) is 87.8 Å². The summed E-state index contributed by atoms with van der Waals surface area (Å²) in [5.41, 5.74) is 1.24. The molecule has 0 saturated heterocycles. The zero-order chi connectivity index (χ0) is 16.9. The van der Waals surface area contributed by atoms with Crippen LogP contribution in [-0.4, -0.2) is 15.7 Å². The monoisotopic (exact) mass is 336 g/mol. The molecule has 0 fully saturated rings. The fourth-order valence-electron chi connectivity index (χ4n) is 2.12. The van der Waals surface area contributed by atoms with Gasteiger partial charge in [0.1, 0.15) is 12.2 Å². The number of carbonyl (C=O) groups is 1. The summed E-state index contributed by atoms with van der Waals surface area (Å²) < 4.78 is 1.12. The lowest BCUT2D eigenvalue weighted by atomic mass is 10.2. The Hall–Kier alpha value is -3.24. The third kappa shape index (κ3) is 3.56. The van der Waals surface area contributed by atoms with E-state index in [0.717, 1.165) is 9.56 Å². The van der Waals surface area contributed by atoms with E-state index in [1.54, 1.807) is 30.3 Å². The average molecular weight is 336 g/mol. The smallest absolute Gasteiger partial charge is 0.267 e. The fraction of sp³-hybridized carbons (Fsp3) is 0.0588. The maximum atomic E-state index is 12.1. The van der Waals surface area contributed by atoms with Gasteiger partial charge in [-0.05, 0) is 35.7 Å². The van der Waals surface area contributed by atoms with Gasteiger partial charge in [-0.3, -0.25) is 9.59 Å². The van der Waals surface area contributed by atoms with Crippen molar-refractivity contribution in [1.82, 2.24) is 9.78 Å². The molecule has 0 spiro atoms. The first-order valence-electron chi connectivity index (χ1n) is 7.08. The highest BCUT2D eigenvalue weighted by molar-refractivity contribution is 7.13. The number of amides is 1. The van der Waals surface area contributed by atoms with E-state index in [2.05, 4.69) is 10.4 Å². The summed E-state index contributed by atoms with van der Waals surface area (Å²) in [6.07, 6.45) is 0. The number of rotatable bonds is 4. The number of nitrogens with one attached hydrogen (secondary N) is 1. The van der Waals surface area contributed by atoms with E-state index in [1.807, 2.05) is 23.6 Å². The first-order chi connectivity index (χ1) is 11.7. The Labute approximate surface area is 141 Å². The van der Waals surface area contributed by atoms with Crippen LogP contribution in [0, 0.1) is 11.3 Å². The van der Waals surface area contributed by atoms with Gasteiger partial charge in [-0.2, -0.15) is 10.4 Å². The first kappa shape index (κ1) is 15.6. The second kappa shape index (κ2) is 6.89. The van der Waals surface area contributed by atoms with E-state index in [9.17, 15) is 9.59 Å². The van der Waals surface area contributed by atoms with E-state index in [0.29, 0.717) is 16.9 Å². The van der Waals surface area contributed by atoms with Gasteiger partial charge in [0.25, 0.3) is 5.56 Å². The zero-order valence-corrected chi connectivity index (χ0v) is 13.3. The predicted molar refractivity (Wildman–Crippen MR) is 91.6 cm³/mol. The van der Waals surface area contributed by atoms with Gasteiger partial charge in [0.2, 0.25) is 5.91 Å². The Morgan fingerprint density at radius 3 is 2.88 bits per heavy atom. The molecule has 3 rings (SSSR count). The Balaban J connectivity index is 1.78. The SMILES string of the molecule is N#Cc1cccc(NC(=O)Cn2nc(-c3cccs3)ccc2=O)c1. The van der Waals surface area contributed by atoms with Gasteiger partial charge in [0, 0.05) is 11.8 Å². The number of thiophene rings is 1. The summed E-state index contributed by atoms with van der Waals surface area (Å²) >= 11 is 1.51. The molecule has 0 aliphatic carbocycles. The average Bonchev–Trinajstić information content (AvgIpc) is 3.11. The Bertz CT molecular complexity index is 971. The molecule has 118 valence electrons. The molecule has 0 aliphatic heterocycles. The van der Waals surface area contributed by atoms with Crippen LogP contribution in [0.5, 0.6) is 0 Å². The summed E-state index contributed by atoms with van der Waals surface area (Å²) in [5, 5.41) is 17.7. The second-order valence-electron chi connectivity index (χ2n) is 4.93. The van der Waals surface area contributed by atoms with Crippen LogP contribution in [0.15, 0.2) is 58.7 Å². The number of carbonyl (C=O) groups excluding carboxylic acids is 1. The quantitative estimate of drug-likeness (QED) is 0.793. The van der Waals surface area contributed by atoms with Crippen molar-refractivity contribution in [3.8, 4) is 16.6 Å². The zero-order valence-electron chi connectivity index (χ0n) is 12.5. The van der Waals surface area contributed by atoms with Crippen molar-refractivity contribution >= 4 is 22.9 Å². The summed E-state index contributed by atoms with van der Waals surface area (Å²) in [6, 6.07) is 15.4.